The van der Waals surface area contributed by atoms with Crippen molar-refractivity contribution in [2.75, 3.05) is 26.7 Å². The number of nitrogens with one attached hydrogen (secondary N) is 2. The summed E-state index contributed by atoms with van der Waals surface area (Å²) in [5, 5.41) is 6.73. The maximum absolute atomic E-state index is 5.31. The molecule has 3 nitrogen and oxygen atoms in total. The molecule has 0 aromatic heterocycles. The van der Waals surface area contributed by atoms with Gasteiger partial charge in [-0.15, -0.1) is 0 Å². The second kappa shape index (κ2) is 7.30. The lowest BCUT2D eigenvalue weighted by atomic mass is 10.0. The number of rotatable bonds is 7. The molecule has 0 saturated carbocycles. The molecule has 1 aromatic carbocycles. The number of hydrogen-bond donors (Lipinski definition) is 2. The van der Waals surface area contributed by atoms with Crippen molar-refractivity contribution in [3.8, 4) is 5.75 Å². The highest BCUT2D eigenvalue weighted by atomic mass is 16.5. The van der Waals surface area contributed by atoms with Gasteiger partial charge in [0.2, 0.25) is 0 Å². The number of ether oxygens (including phenoxy) is 1. The van der Waals surface area contributed by atoms with E-state index in [0.717, 1.165) is 31.9 Å². The molecule has 0 aliphatic carbocycles. The maximum Gasteiger partial charge on any atom is 0.122 e. The molecule has 0 amide bonds. The summed E-state index contributed by atoms with van der Waals surface area (Å²) in [4.78, 5) is 0. The topological polar surface area (TPSA) is 33.3 Å². The van der Waals surface area contributed by atoms with Gasteiger partial charge in [-0.25, -0.2) is 0 Å². The van der Waals surface area contributed by atoms with Gasteiger partial charge >= 0.3 is 0 Å². The molecular formula is C14H24N2O. The Kier molecular flexibility index (Phi) is 6.01. The molecule has 0 atom stereocenters. The molecule has 0 unspecified atom stereocenters. The third-order valence-corrected chi connectivity index (χ3v) is 3.11. The minimum Gasteiger partial charge on any atom is -0.496 e. The fourth-order valence-electron chi connectivity index (χ4n) is 1.84. The van der Waals surface area contributed by atoms with Gasteiger partial charge in [-0.2, -0.15) is 0 Å². The summed E-state index contributed by atoms with van der Waals surface area (Å²) in [6.07, 6.45) is 0. The van der Waals surface area contributed by atoms with Crippen molar-refractivity contribution in [2.45, 2.75) is 27.3 Å². The van der Waals surface area contributed by atoms with Crippen LogP contribution in [0.25, 0.3) is 0 Å². The van der Waals surface area contributed by atoms with E-state index in [0.29, 0.717) is 0 Å². The van der Waals surface area contributed by atoms with Gasteiger partial charge < -0.3 is 15.4 Å². The first-order valence-corrected chi connectivity index (χ1v) is 6.25. The molecule has 0 bridgehead atoms. The second-order valence-electron chi connectivity index (χ2n) is 4.21. The highest BCUT2D eigenvalue weighted by Gasteiger charge is 2.05. The van der Waals surface area contributed by atoms with Gasteiger partial charge in [0.05, 0.1) is 7.11 Å². The first kappa shape index (κ1) is 14.0. The molecule has 0 heterocycles. The van der Waals surface area contributed by atoms with Crippen LogP contribution in [-0.4, -0.2) is 26.7 Å². The lowest BCUT2D eigenvalue weighted by Crippen LogP contribution is -2.27. The number of hydrogen-bond acceptors (Lipinski definition) is 3. The van der Waals surface area contributed by atoms with Gasteiger partial charge in [-0.3, -0.25) is 0 Å². The average molecular weight is 236 g/mol. The maximum atomic E-state index is 5.31. The minimum atomic E-state index is 0.919. The molecule has 0 saturated heterocycles. The molecule has 96 valence electrons. The highest BCUT2D eigenvalue weighted by Crippen LogP contribution is 2.23. The summed E-state index contributed by atoms with van der Waals surface area (Å²) >= 11 is 0. The number of methoxy groups -OCH3 is 1. The normalized spacial score (nSPS) is 10.6. The van der Waals surface area contributed by atoms with Crippen LogP contribution >= 0.6 is 0 Å². The smallest absolute Gasteiger partial charge is 0.122 e. The van der Waals surface area contributed by atoms with E-state index >= 15 is 0 Å². The van der Waals surface area contributed by atoms with Gasteiger partial charge in [0.1, 0.15) is 5.75 Å². The Balaban J connectivity index is 2.51. The van der Waals surface area contributed by atoms with Gasteiger partial charge in [0.25, 0.3) is 0 Å². The average Bonchev–Trinajstić information content (AvgIpc) is 2.34. The standard InChI is InChI=1S/C14H24N2O/c1-5-15-8-9-16-10-13-6-7-14(17-4)12(3)11(13)2/h6-7,15-16H,5,8-10H2,1-4H3. The van der Waals surface area contributed by atoms with E-state index in [1.54, 1.807) is 7.11 Å². The molecule has 1 aromatic rings. The van der Waals surface area contributed by atoms with Gasteiger partial charge in [-0.05, 0) is 43.1 Å². The summed E-state index contributed by atoms with van der Waals surface area (Å²) < 4.78 is 5.31. The summed E-state index contributed by atoms with van der Waals surface area (Å²) in [5.41, 5.74) is 3.90. The molecule has 0 radical (unpaired) electrons. The van der Waals surface area contributed by atoms with Crippen LogP contribution in [0.3, 0.4) is 0 Å². The van der Waals surface area contributed by atoms with Crippen LogP contribution in [0.2, 0.25) is 0 Å². The Hall–Kier alpha value is -1.06. The van der Waals surface area contributed by atoms with Crippen LogP contribution in [0.4, 0.5) is 0 Å². The summed E-state index contributed by atoms with van der Waals surface area (Å²) in [5.74, 6) is 0.971. The fraction of sp³-hybridized carbons (Fsp3) is 0.571. The van der Waals surface area contributed by atoms with Crippen LogP contribution in [-0.2, 0) is 6.54 Å². The molecule has 0 spiro atoms. The first-order valence-electron chi connectivity index (χ1n) is 6.25. The van der Waals surface area contributed by atoms with Gasteiger partial charge in [-0.1, -0.05) is 13.0 Å². The highest BCUT2D eigenvalue weighted by molar-refractivity contribution is 5.43. The molecule has 0 aliphatic heterocycles. The Morgan fingerprint density at radius 3 is 2.41 bits per heavy atom. The van der Waals surface area contributed by atoms with E-state index in [2.05, 4.69) is 37.5 Å². The van der Waals surface area contributed by atoms with Crippen LogP contribution in [0.15, 0.2) is 12.1 Å². The predicted octanol–water partition coefficient (Wildman–Crippen LogP) is 2.01. The van der Waals surface area contributed by atoms with E-state index in [9.17, 15) is 0 Å². The molecular weight excluding hydrogens is 212 g/mol. The lowest BCUT2D eigenvalue weighted by molar-refractivity contribution is 0.411. The zero-order chi connectivity index (χ0) is 12.7. The van der Waals surface area contributed by atoms with Crippen molar-refractivity contribution < 1.29 is 4.74 Å². The van der Waals surface area contributed by atoms with Crippen molar-refractivity contribution in [3.63, 3.8) is 0 Å². The van der Waals surface area contributed by atoms with E-state index in [-0.39, 0.29) is 0 Å². The van der Waals surface area contributed by atoms with Crippen LogP contribution in [0.1, 0.15) is 23.6 Å². The summed E-state index contributed by atoms with van der Waals surface area (Å²) in [6, 6.07) is 4.19. The van der Waals surface area contributed by atoms with E-state index in [4.69, 9.17) is 4.74 Å². The molecule has 1 rings (SSSR count). The third-order valence-electron chi connectivity index (χ3n) is 3.11. The quantitative estimate of drug-likeness (QED) is 0.711. The van der Waals surface area contributed by atoms with E-state index in [1.165, 1.54) is 16.7 Å². The predicted molar refractivity (Wildman–Crippen MR) is 72.7 cm³/mol. The monoisotopic (exact) mass is 236 g/mol. The largest absolute Gasteiger partial charge is 0.496 e. The van der Waals surface area contributed by atoms with Crippen molar-refractivity contribution in [1.29, 1.82) is 0 Å². The molecule has 2 N–H and O–H groups in total. The van der Waals surface area contributed by atoms with Crippen molar-refractivity contribution >= 4 is 0 Å². The van der Waals surface area contributed by atoms with E-state index < -0.39 is 0 Å². The van der Waals surface area contributed by atoms with Crippen LogP contribution in [0, 0.1) is 13.8 Å². The minimum absolute atomic E-state index is 0.919. The second-order valence-corrected chi connectivity index (χ2v) is 4.21. The Bertz CT molecular complexity index is 350. The first-order chi connectivity index (χ1) is 8.20. The zero-order valence-corrected chi connectivity index (χ0v) is 11.4. The SMILES string of the molecule is CCNCCNCc1ccc(OC)c(C)c1C. The molecule has 0 aliphatic rings. The Morgan fingerprint density at radius 2 is 1.76 bits per heavy atom. The van der Waals surface area contributed by atoms with Crippen molar-refractivity contribution in [2.24, 2.45) is 0 Å². The van der Waals surface area contributed by atoms with Crippen molar-refractivity contribution in [1.82, 2.24) is 10.6 Å². The third kappa shape index (κ3) is 4.02. The van der Waals surface area contributed by atoms with E-state index in [1.807, 2.05) is 6.07 Å². The Morgan fingerprint density at radius 1 is 1.06 bits per heavy atom. The zero-order valence-electron chi connectivity index (χ0n) is 11.4. The van der Waals surface area contributed by atoms with Crippen molar-refractivity contribution in [3.05, 3.63) is 28.8 Å². The molecule has 17 heavy (non-hydrogen) atoms. The van der Waals surface area contributed by atoms with Gasteiger partial charge in [0, 0.05) is 19.6 Å². The van der Waals surface area contributed by atoms with Crippen LogP contribution < -0.4 is 15.4 Å². The summed E-state index contributed by atoms with van der Waals surface area (Å²) in [7, 11) is 1.72. The number of benzene rings is 1. The van der Waals surface area contributed by atoms with Gasteiger partial charge in [0.15, 0.2) is 0 Å². The lowest BCUT2D eigenvalue weighted by Gasteiger charge is -2.13. The molecule has 0 fully saturated rings. The summed E-state index contributed by atoms with van der Waals surface area (Å²) in [6.45, 7) is 10.3. The number of likely N-dealkylation sites (N-methyl/N-ethyl adjacent to an activating group) is 1. The fourth-order valence-corrected chi connectivity index (χ4v) is 1.84. The van der Waals surface area contributed by atoms with Crippen LogP contribution in [0.5, 0.6) is 5.75 Å². The molecule has 3 heteroatoms. The Labute approximate surface area is 105 Å².